The molecule has 1 amide bonds. The second-order valence-electron chi connectivity index (χ2n) is 6.76. The molecule has 0 saturated heterocycles. The zero-order chi connectivity index (χ0) is 20.8. The molecule has 1 aliphatic rings. The van der Waals surface area contributed by atoms with Gasteiger partial charge in [0.2, 0.25) is 5.91 Å². The third-order valence-electron chi connectivity index (χ3n) is 4.63. The quantitative estimate of drug-likeness (QED) is 0.356. The van der Waals surface area contributed by atoms with Crippen LogP contribution in [0.4, 0.5) is 0 Å². The van der Waals surface area contributed by atoms with Crippen molar-refractivity contribution in [2.75, 3.05) is 31.0 Å². The number of fused-ring (bicyclic) bond motifs is 2. The van der Waals surface area contributed by atoms with Crippen molar-refractivity contribution in [2.45, 2.75) is 24.3 Å². The number of nitrogens with zero attached hydrogens (tertiary/aromatic N) is 2. The number of hydrogen-bond acceptors (Lipinski definition) is 6. The number of ether oxygens (including phenoxy) is 2. The molecule has 3 aromatic rings. The minimum Gasteiger partial charge on any atom is -0.486 e. The Morgan fingerprint density at radius 1 is 1.13 bits per heavy atom. The normalized spacial score (nSPS) is 13.7. The second kappa shape index (κ2) is 10.4. The van der Waals surface area contributed by atoms with Gasteiger partial charge in [-0.05, 0) is 30.6 Å². The molecule has 8 heteroatoms. The van der Waals surface area contributed by atoms with Crippen LogP contribution in [0.5, 0.6) is 11.5 Å². The number of rotatable bonds is 8. The van der Waals surface area contributed by atoms with Gasteiger partial charge in [-0.1, -0.05) is 29.5 Å². The number of aromatic nitrogens is 1. The molecule has 30 heavy (non-hydrogen) atoms. The standard InChI is InChI=1S/C22H24N2O3S3/c1-28-13-9-24-17-14-18-19(27-11-10-26-18)15-20(17)30-22(24)23-21(25)8-5-12-29-16-6-3-2-4-7-16/h2-4,6-7,14-15H,5,8-13H2,1H3. The average Bonchev–Trinajstić information content (AvgIpc) is 3.10. The molecule has 4 rings (SSSR count). The third-order valence-corrected chi connectivity index (χ3v) is 7.36. The summed E-state index contributed by atoms with van der Waals surface area (Å²) in [6.07, 6.45) is 3.35. The molecular formula is C22H24N2O3S3. The molecule has 5 nitrogen and oxygen atoms in total. The van der Waals surface area contributed by atoms with E-state index in [-0.39, 0.29) is 5.91 Å². The van der Waals surface area contributed by atoms with Crippen LogP contribution in [-0.4, -0.2) is 41.4 Å². The summed E-state index contributed by atoms with van der Waals surface area (Å²) in [5, 5.41) is 0. The lowest BCUT2D eigenvalue weighted by atomic mass is 10.2. The van der Waals surface area contributed by atoms with Crippen LogP contribution >= 0.6 is 34.9 Å². The summed E-state index contributed by atoms with van der Waals surface area (Å²) in [7, 11) is 0. The smallest absolute Gasteiger partial charge is 0.248 e. The van der Waals surface area contributed by atoms with Gasteiger partial charge < -0.3 is 14.0 Å². The summed E-state index contributed by atoms with van der Waals surface area (Å²) >= 11 is 5.09. The predicted molar refractivity (Wildman–Crippen MR) is 126 cm³/mol. The Kier molecular flexibility index (Phi) is 7.41. The van der Waals surface area contributed by atoms with Gasteiger partial charge in [-0.3, -0.25) is 4.79 Å². The Morgan fingerprint density at radius 2 is 1.90 bits per heavy atom. The van der Waals surface area contributed by atoms with E-state index in [2.05, 4.69) is 27.9 Å². The molecule has 0 N–H and O–H groups in total. The van der Waals surface area contributed by atoms with Gasteiger partial charge in [-0.25, -0.2) is 0 Å². The highest BCUT2D eigenvalue weighted by molar-refractivity contribution is 7.99. The van der Waals surface area contributed by atoms with Crippen LogP contribution in [0.2, 0.25) is 0 Å². The summed E-state index contributed by atoms with van der Waals surface area (Å²) in [5.74, 6) is 3.33. The highest BCUT2D eigenvalue weighted by Crippen LogP contribution is 2.35. The van der Waals surface area contributed by atoms with E-state index in [0.29, 0.717) is 19.6 Å². The topological polar surface area (TPSA) is 52.8 Å². The molecule has 0 saturated carbocycles. The SMILES string of the molecule is CSCCn1c(=NC(=O)CCCSc2ccccc2)sc2cc3c(cc21)OCCO3. The van der Waals surface area contributed by atoms with Crippen LogP contribution in [-0.2, 0) is 11.3 Å². The van der Waals surface area contributed by atoms with Gasteiger partial charge in [0.25, 0.3) is 0 Å². The van der Waals surface area contributed by atoms with E-state index >= 15 is 0 Å². The summed E-state index contributed by atoms with van der Waals surface area (Å²) in [6.45, 7) is 1.92. The first-order valence-corrected chi connectivity index (χ1v) is 13.1. The van der Waals surface area contributed by atoms with Crippen LogP contribution < -0.4 is 14.3 Å². The summed E-state index contributed by atoms with van der Waals surface area (Å²) < 4.78 is 14.6. The molecule has 2 aromatic carbocycles. The maximum atomic E-state index is 12.5. The maximum Gasteiger partial charge on any atom is 0.248 e. The largest absolute Gasteiger partial charge is 0.486 e. The van der Waals surface area contributed by atoms with Gasteiger partial charge >= 0.3 is 0 Å². The first kappa shape index (κ1) is 21.3. The lowest BCUT2D eigenvalue weighted by Gasteiger charge is -2.18. The minimum atomic E-state index is -0.0645. The number of carbonyl (C=O) groups is 1. The highest BCUT2D eigenvalue weighted by Gasteiger charge is 2.16. The van der Waals surface area contributed by atoms with Gasteiger partial charge in [-0.15, -0.1) is 11.8 Å². The molecule has 0 atom stereocenters. The summed E-state index contributed by atoms with van der Waals surface area (Å²) in [4.78, 5) is 19.0. The second-order valence-corrected chi connectivity index (χ2v) is 9.93. The molecule has 0 radical (unpaired) electrons. The Morgan fingerprint density at radius 3 is 2.67 bits per heavy atom. The van der Waals surface area contributed by atoms with E-state index in [9.17, 15) is 4.79 Å². The van der Waals surface area contributed by atoms with Crippen LogP contribution in [0, 0.1) is 0 Å². The van der Waals surface area contributed by atoms with Gasteiger partial charge in [0.1, 0.15) is 13.2 Å². The average molecular weight is 461 g/mol. The van der Waals surface area contributed by atoms with Crippen LogP contribution in [0.25, 0.3) is 10.2 Å². The fourth-order valence-corrected chi connectivity index (χ4v) is 5.51. The Bertz CT molecular complexity index is 1080. The number of thiazole rings is 1. The molecule has 0 fully saturated rings. The van der Waals surface area contributed by atoms with Crippen LogP contribution in [0.15, 0.2) is 52.4 Å². The van der Waals surface area contributed by atoms with E-state index in [1.165, 1.54) is 16.2 Å². The molecule has 0 bridgehead atoms. The number of thioether (sulfide) groups is 2. The first-order chi connectivity index (χ1) is 14.7. The van der Waals surface area contributed by atoms with Crippen LogP contribution in [0.3, 0.4) is 0 Å². The molecule has 0 unspecified atom stereocenters. The monoisotopic (exact) mass is 460 g/mol. The lowest BCUT2D eigenvalue weighted by molar-refractivity contribution is -0.118. The van der Waals surface area contributed by atoms with E-state index in [4.69, 9.17) is 9.47 Å². The van der Waals surface area contributed by atoms with E-state index in [0.717, 1.165) is 51.0 Å². The number of amides is 1. The minimum absolute atomic E-state index is 0.0645. The van der Waals surface area contributed by atoms with Gasteiger partial charge in [0.05, 0.1) is 10.2 Å². The molecule has 158 valence electrons. The Balaban J connectivity index is 1.50. The van der Waals surface area contributed by atoms with Crippen molar-refractivity contribution in [2.24, 2.45) is 4.99 Å². The summed E-state index contributed by atoms with van der Waals surface area (Å²) in [5.41, 5.74) is 1.05. The molecule has 0 aliphatic carbocycles. The number of hydrogen-bond donors (Lipinski definition) is 0. The maximum absolute atomic E-state index is 12.5. The fourth-order valence-electron chi connectivity index (χ4n) is 3.18. The van der Waals surface area contributed by atoms with Crippen molar-refractivity contribution in [3.05, 3.63) is 47.3 Å². The predicted octanol–water partition coefficient (Wildman–Crippen LogP) is 4.84. The van der Waals surface area contributed by atoms with Crippen molar-refractivity contribution in [3.8, 4) is 11.5 Å². The van der Waals surface area contributed by atoms with Crippen LogP contribution in [0.1, 0.15) is 12.8 Å². The molecule has 1 aliphatic heterocycles. The number of aryl methyl sites for hydroxylation is 1. The Labute approximate surface area is 188 Å². The fraction of sp³-hybridized carbons (Fsp3) is 0.364. The third kappa shape index (κ3) is 5.22. The van der Waals surface area contributed by atoms with Crippen molar-refractivity contribution in [3.63, 3.8) is 0 Å². The van der Waals surface area contributed by atoms with Crippen molar-refractivity contribution < 1.29 is 14.3 Å². The first-order valence-electron chi connectivity index (χ1n) is 9.92. The molecule has 1 aromatic heterocycles. The van der Waals surface area contributed by atoms with Gasteiger partial charge in [0.15, 0.2) is 16.3 Å². The number of benzene rings is 2. The zero-order valence-electron chi connectivity index (χ0n) is 16.8. The van der Waals surface area contributed by atoms with E-state index in [1.54, 1.807) is 23.5 Å². The van der Waals surface area contributed by atoms with Gasteiger partial charge in [-0.2, -0.15) is 16.8 Å². The van der Waals surface area contributed by atoms with Gasteiger partial charge in [0, 0.05) is 35.7 Å². The summed E-state index contributed by atoms with van der Waals surface area (Å²) in [6, 6.07) is 14.3. The van der Waals surface area contributed by atoms with E-state index < -0.39 is 0 Å². The number of carbonyl (C=O) groups excluding carboxylic acids is 1. The van der Waals surface area contributed by atoms with Crippen molar-refractivity contribution in [1.82, 2.24) is 4.57 Å². The van der Waals surface area contributed by atoms with Crippen molar-refractivity contribution in [1.29, 1.82) is 0 Å². The highest BCUT2D eigenvalue weighted by atomic mass is 32.2. The molecular weight excluding hydrogens is 436 g/mol. The van der Waals surface area contributed by atoms with E-state index in [1.807, 2.05) is 30.3 Å². The molecule has 2 heterocycles. The van der Waals surface area contributed by atoms with Crippen molar-refractivity contribution >= 4 is 51.0 Å². The molecule has 0 spiro atoms. The Hall–Kier alpha value is -1.90. The zero-order valence-corrected chi connectivity index (χ0v) is 19.3. The lowest BCUT2D eigenvalue weighted by Crippen LogP contribution is -2.18.